The van der Waals surface area contributed by atoms with E-state index in [1.54, 1.807) is 0 Å². The molecule has 0 atom stereocenters. The van der Waals surface area contributed by atoms with Crippen LogP contribution in [0.1, 0.15) is 81.1 Å². The minimum absolute atomic E-state index is 0.648. The van der Waals surface area contributed by atoms with E-state index in [0.29, 0.717) is 52.9 Å². The fourth-order valence-corrected chi connectivity index (χ4v) is 31.2. The highest BCUT2D eigenvalue weighted by Crippen LogP contribution is 2.44. The van der Waals surface area contributed by atoms with Gasteiger partial charge in [0.15, 0.2) is 0 Å². The Morgan fingerprint density at radius 1 is 0.325 bits per heavy atom. The molecule has 0 amide bonds. The lowest BCUT2D eigenvalue weighted by molar-refractivity contribution is 0.128. The molecule has 0 N–H and O–H groups in total. The van der Waals surface area contributed by atoms with Gasteiger partial charge in [0.1, 0.15) is 0 Å². The first-order chi connectivity index (χ1) is 19.3. The molecule has 0 aliphatic carbocycles. The van der Waals surface area contributed by atoms with Crippen LogP contribution in [0.4, 0.5) is 0 Å². The molecule has 0 aromatic heterocycles. The van der Waals surface area contributed by atoms with E-state index in [0.717, 1.165) is 74.0 Å². The van der Waals surface area contributed by atoms with E-state index in [1.165, 1.54) is 0 Å². The topological polar surface area (TPSA) is 73.8 Å². The van der Waals surface area contributed by atoms with E-state index >= 15 is 0 Å². The van der Waals surface area contributed by atoms with Crippen LogP contribution in [-0.2, 0) is 35.4 Å². The van der Waals surface area contributed by atoms with Gasteiger partial charge in [-0.3, -0.25) is 0 Å². The fraction of sp³-hybridized carbons (Fsp3) is 1.00. The summed E-state index contributed by atoms with van der Waals surface area (Å²) < 4.78 is 54.3. The van der Waals surface area contributed by atoms with Crippen LogP contribution in [0.5, 0.6) is 0 Å². The van der Waals surface area contributed by atoms with Crippen molar-refractivity contribution < 1.29 is 35.4 Å². The molecule has 1 aliphatic rings. The Morgan fingerprint density at radius 2 is 0.525 bits per heavy atom. The van der Waals surface area contributed by atoms with E-state index in [4.69, 9.17) is 35.4 Å². The Morgan fingerprint density at radius 3 is 0.675 bits per heavy atom. The molecule has 0 unspecified atom stereocenters. The number of hydrogen-bond donors (Lipinski definition) is 0. The van der Waals surface area contributed by atoms with Gasteiger partial charge >= 0.3 is 34.2 Å². The SMILES string of the molecule is CCC[Si]1(CCOCC)O[Si](CCC)(CCOCC)O[Si](CCC)(CCOCC)O[Si](CCC)(CCOCC)O1. The summed E-state index contributed by atoms with van der Waals surface area (Å²) in [7, 11) is -11.1. The molecule has 1 saturated heterocycles. The van der Waals surface area contributed by atoms with Gasteiger partial charge in [-0.25, -0.2) is 0 Å². The van der Waals surface area contributed by atoms with Crippen molar-refractivity contribution in [1.29, 1.82) is 0 Å². The summed E-state index contributed by atoms with van der Waals surface area (Å²) in [5, 5.41) is 0. The molecular weight excluding hydrogens is 577 g/mol. The number of ether oxygens (including phenoxy) is 4. The maximum atomic E-state index is 7.64. The third kappa shape index (κ3) is 13.0. The molecule has 1 rings (SSSR count). The van der Waals surface area contributed by atoms with Gasteiger partial charge in [-0.1, -0.05) is 53.4 Å². The smallest absolute Gasteiger partial charge is 0.322 e. The average molecular weight is 641 g/mol. The summed E-state index contributed by atoms with van der Waals surface area (Å²) in [6.07, 6.45) is 4.02. The van der Waals surface area contributed by atoms with Crippen LogP contribution < -0.4 is 0 Å². The molecule has 0 spiro atoms. The standard InChI is InChI=1S/C28H64O8Si4/c1-9-21-37(25-17-29-13-5)33-38(22-10-2,26-18-30-14-6)35-40(24-12-4,28-20-32-16-8)36-39(34-37,23-11-3)27-19-31-15-7/h9-28H2,1-8H3. The molecule has 1 aliphatic heterocycles. The van der Waals surface area contributed by atoms with E-state index < -0.39 is 34.2 Å². The minimum atomic E-state index is -2.76. The van der Waals surface area contributed by atoms with Crippen molar-refractivity contribution in [3.63, 3.8) is 0 Å². The first-order valence-electron chi connectivity index (χ1n) is 16.4. The van der Waals surface area contributed by atoms with Gasteiger partial charge in [-0.05, 0) is 51.9 Å². The highest BCUT2D eigenvalue weighted by atomic mass is 28.5. The molecule has 0 bridgehead atoms. The lowest BCUT2D eigenvalue weighted by Gasteiger charge is -2.54. The summed E-state index contributed by atoms with van der Waals surface area (Å²) in [4.78, 5) is 0. The minimum Gasteiger partial charge on any atom is -0.415 e. The summed E-state index contributed by atoms with van der Waals surface area (Å²) in [6, 6.07) is 6.93. The van der Waals surface area contributed by atoms with Crippen LogP contribution in [0.3, 0.4) is 0 Å². The van der Waals surface area contributed by atoms with Gasteiger partial charge in [0, 0.05) is 77.0 Å². The molecule has 1 heterocycles. The highest BCUT2D eigenvalue weighted by Gasteiger charge is 2.61. The Kier molecular flexibility index (Phi) is 20.5. The van der Waals surface area contributed by atoms with Crippen molar-refractivity contribution in [3.05, 3.63) is 0 Å². The molecule has 12 heteroatoms. The number of hydrogen-bond acceptors (Lipinski definition) is 8. The quantitative estimate of drug-likeness (QED) is 0.0788. The lowest BCUT2D eigenvalue weighted by atomic mass is 10.6. The third-order valence-corrected chi connectivity index (χ3v) is 28.2. The highest BCUT2D eigenvalue weighted by molar-refractivity contribution is 6.95. The van der Waals surface area contributed by atoms with Crippen LogP contribution >= 0.6 is 0 Å². The second kappa shape index (κ2) is 21.3. The lowest BCUT2D eigenvalue weighted by Crippen LogP contribution is -2.70. The van der Waals surface area contributed by atoms with Crippen molar-refractivity contribution in [2.75, 3.05) is 52.9 Å². The second-order valence-corrected chi connectivity index (χ2v) is 25.4. The summed E-state index contributed by atoms with van der Waals surface area (Å²) in [6.45, 7) is 22.6. The number of rotatable bonds is 24. The fourth-order valence-electron chi connectivity index (χ4n) is 5.77. The first-order valence-corrected chi connectivity index (χ1v) is 25.4. The molecule has 240 valence electrons. The van der Waals surface area contributed by atoms with E-state index in [9.17, 15) is 0 Å². The van der Waals surface area contributed by atoms with Gasteiger partial charge in [-0.15, -0.1) is 0 Å². The summed E-state index contributed by atoms with van der Waals surface area (Å²) in [5.41, 5.74) is 0. The van der Waals surface area contributed by atoms with Crippen molar-refractivity contribution in [3.8, 4) is 0 Å². The molecule has 1 fully saturated rings. The Labute approximate surface area is 251 Å². The summed E-state index contributed by atoms with van der Waals surface area (Å²) in [5.74, 6) is 0. The summed E-state index contributed by atoms with van der Waals surface area (Å²) >= 11 is 0. The Hall–Kier alpha value is 0.548. The van der Waals surface area contributed by atoms with E-state index in [2.05, 4.69) is 55.4 Å². The molecule has 0 radical (unpaired) electrons. The van der Waals surface area contributed by atoms with Gasteiger partial charge in [0.25, 0.3) is 0 Å². The van der Waals surface area contributed by atoms with Gasteiger partial charge < -0.3 is 35.4 Å². The van der Waals surface area contributed by atoms with Crippen LogP contribution in [0.15, 0.2) is 0 Å². The Bertz CT molecular complexity index is 519. The molecule has 8 nitrogen and oxygen atoms in total. The van der Waals surface area contributed by atoms with Crippen molar-refractivity contribution in [2.45, 2.75) is 129 Å². The molecule has 0 saturated carbocycles. The largest absolute Gasteiger partial charge is 0.415 e. The first kappa shape index (κ1) is 38.6. The predicted molar refractivity (Wildman–Crippen MR) is 173 cm³/mol. The van der Waals surface area contributed by atoms with E-state index in [-0.39, 0.29) is 0 Å². The third-order valence-electron chi connectivity index (χ3n) is 7.34. The zero-order valence-electron chi connectivity index (χ0n) is 27.4. The van der Waals surface area contributed by atoms with Gasteiger partial charge in [0.05, 0.1) is 0 Å². The maximum Gasteiger partial charge on any atom is 0.322 e. The molecule has 0 aromatic carbocycles. The van der Waals surface area contributed by atoms with Gasteiger partial charge in [-0.2, -0.15) is 0 Å². The van der Waals surface area contributed by atoms with Gasteiger partial charge in [0.2, 0.25) is 0 Å². The Balaban J connectivity index is 3.81. The monoisotopic (exact) mass is 640 g/mol. The van der Waals surface area contributed by atoms with Crippen molar-refractivity contribution in [2.24, 2.45) is 0 Å². The molecular formula is C28H64O8Si4. The second-order valence-electron chi connectivity index (χ2n) is 10.8. The van der Waals surface area contributed by atoms with Crippen molar-refractivity contribution in [1.82, 2.24) is 0 Å². The zero-order valence-corrected chi connectivity index (χ0v) is 31.4. The van der Waals surface area contributed by atoms with E-state index in [1.807, 2.05) is 0 Å². The van der Waals surface area contributed by atoms with Crippen LogP contribution in [0.25, 0.3) is 0 Å². The van der Waals surface area contributed by atoms with Crippen molar-refractivity contribution >= 4 is 34.2 Å². The van der Waals surface area contributed by atoms with Crippen LogP contribution in [0.2, 0.25) is 48.4 Å². The average Bonchev–Trinajstić information content (AvgIpc) is 2.89. The maximum absolute atomic E-state index is 7.64. The molecule has 40 heavy (non-hydrogen) atoms. The zero-order chi connectivity index (χ0) is 29.8. The molecule has 0 aromatic rings. The van der Waals surface area contributed by atoms with Crippen LogP contribution in [-0.4, -0.2) is 87.1 Å². The van der Waals surface area contributed by atoms with Crippen LogP contribution in [0, 0.1) is 0 Å². The predicted octanol–water partition coefficient (Wildman–Crippen LogP) is 7.62. The normalized spacial score (nSPS) is 29.4.